The zero-order valence-electron chi connectivity index (χ0n) is 55.1. The highest BCUT2D eigenvalue weighted by molar-refractivity contribution is 6.12. The largest absolute Gasteiger partial charge is 0.445 e. The number of benzene rings is 1. The molecule has 0 radical (unpaired) electrons. The maximum absolute atomic E-state index is 14.5. The number of nitrogens with two attached hydrogens (primary N) is 1. The Hall–Kier alpha value is -6.20. The van der Waals surface area contributed by atoms with Gasteiger partial charge >= 0.3 is 12.1 Å². The molecule has 11 aliphatic rings. The van der Waals surface area contributed by atoms with Gasteiger partial charge in [-0.05, 0) is 111 Å². The molecule has 1 spiro atoms. The van der Waals surface area contributed by atoms with E-state index in [4.69, 9.17) is 53.1 Å². The SMILES string of the molecule is C=C1C[C@@H]2CC[C@@]34C[C@H]5OC6C(O[C@H]7CC[C@H](CC(=O)C[C@H]8C(C[C@H]9O[C@@H](CC[C@@H]1O2)C[C@@H](C)C9=C)O[C@H](C[C@H](O)CNC(=O)OCc1ccc(NC(=O)[C@H](CCCNC(N)=O)NC(=O)[C@@H](NC(=O)CCCCCN2C(=O)C=CC2=O)C(C)C)cc1)[C@@H]8OC)O[C@@H]7[C@@H]6O3)[C@@H]5O4. The summed E-state index contributed by atoms with van der Waals surface area (Å²) in [6.45, 7) is 14.7. The van der Waals surface area contributed by atoms with E-state index < -0.39 is 84.4 Å². The number of rotatable bonds is 23. The third-order valence-corrected chi connectivity index (χ3v) is 20.8. The Morgan fingerprint density at radius 1 is 0.747 bits per heavy atom. The van der Waals surface area contributed by atoms with E-state index in [9.17, 15) is 43.5 Å². The quantitative estimate of drug-likeness (QED) is 0.0435. The smallest absolute Gasteiger partial charge is 0.407 e. The minimum Gasteiger partial charge on any atom is -0.445 e. The van der Waals surface area contributed by atoms with E-state index in [2.05, 4.69) is 46.7 Å². The molecule has 0 aliphatic carbocycles. The Bertz CT molecular complexity index is 3000. The molecular weight excluding hydrogens is 1230 g/mol. The molecule has 3 unspecified atom stereocenters. The van der Waals surface area contributed by atoms with Crippen LogP contribution in [-0.4, -0.2) is 200 Å². The number of anilines is 1. The molecule has 21 atom stereocenters. The summed E-state index contributed by atoms with van der Waals surface area (Å²) in [7, 11) is 1.58. The van der Waals surface area contributed by atoms with Crippen LogP contribution in [0.5, 0.6) is 0 Å². The molecule has 0 aromatic heterocycles. The number of carbonyl (C=O) groups is 8. The monoisotopic (exact) mass is 1330 g/mol. The van der Waals surface area contributed by atoms with E-state index in [0.717, 1.165) is 48.2 Å². The maximum Gasteiger partial charge on any atom is 0.407 e. The van der Waals surface area contributed by atoms with Crippen molar-refractivity contribution in [3.63, 3.8) is 0 Å². The van der Waals surface area contributed by atoms with E-state index in [0.29, 0.717) is 62.6 Å². The Morgan fingerprint density at radius 3 is 2.23 bits per heavy atom. The number of unbranched alkanes of at least 4 members (excludes halogenated alkanes) is 2. The van der Waals surface area contributed by atoms with Crippen molar-refractivity contribution in [2.45, 2.75) is 265 Å². The van der Waals surface area contributed by atoms with Crippen molar-refractivity contribution in [1.29, 1.82) is 0 Å². The molecule has 95 heavy (non-hydrogen) atoms. The van der Waals surface area contributed by atoms with E-state index in [1.807, 2.05) is 0 Å². The fraction of sp³-hybridized carbons (Fsp3) is 0.710. The lowest BCUT2D eigenvalue weighted by atomic mass is 9.81. The van der Waals surface area contributed by atoms with Crippen LogP contribution in [0.3, 0.4) is 0 Å². The molecule has 10 fully saturated rings. The number of alkyl carbamates (subject to hydrolysis) is 1. The molecule has 12 bridgehead atoms. The zero-order chi connectivity index (χ0) is 67.2. The number of primary amides is 1. The summed E-state index contributed by atoms with van der Waals surface area (Å²) >= 11 is 0. The van der Waals surface area contributed by atoms with Gasteiger partial charge in [0.25, 0.3) is 11.8 Å². The van der Waals surface area contributed by atoms with Crippen LogP contribution in [0.4, 0.5) is 15.3 Å². The summed E-state index contributed by atoms with van der Waals surface area (Å²) < 4.78 is 66.3. The van der Waals surface area contributed by atoms with Crippen molar-refractivity contribution in [3.8, 4) is 0 Å². The Kier molecular flexibility index (Phi) is 23.0. The lowest BCUT2D eigenvalue weighted by molar-refractivity contribution is -0.292. The van der Waals surface area contributed by atoms with Crippen molar-refractivity contribution in [2.24, 2.45) is 23.5 Å². The average molecular weight is 1330 g/mol. The number of imide groups is 1. The van der Waals surface area contributed by atoms with Crippen LogP contribution in [0, 0.1) is 17.8 Å². The second-order valence-electron chi connectivity index (χ2n) is 28.1. The number of methoxy groups -OCH3 is 1. The number of nitrogens with one attached hydrogen (secondary N) is 5. The van der Waals surface area contributed by atoms with Gasteiger partial charge in [0.1, 0.15) is 55.0 Å². The Labute approximate surface area is 554 Å². The number of aliphatic hydroxyl groups excluding tert-OH is 1. The van der Waals surface area contributed by atoms with Crippen LogP contribution >= 0.6 is 0 Å². The van der Waals surface area contributed by atoms with E-state index >= 15 is 0 Å². The van der Waals surface area contributed by atoms with E-state index in [1.54, 1.807) is 45.2 Å². The first-order valence-corrected chi connectivity index (χ1v) is 34.4. The summed E-state index contributed by atoms with van der Waals surface area (Å²) in [6.07, 6.45) is 4.97. The molecule has 8 N–H and O–H groups in total. The predicted molar refractivity (Wildman–Crippen MR) is 340 cm³/mol. The molecule has 26 heteroatoms. The van der Waals surface area contributed by atoms with Crippen LogP contribution in [0.1, 0.15) is 148 Å². The van der Waals surface area contributed by atoms with E-state index in [1.165, 1.54) is 12.2 Å². The summed E-state index contributed by atoms with van der Waals surface area (Å²) in [5.74, 6) is -3.73. The van der Waals surface area contributed by atoms with Crippen molar-refractivity contribution in [3.05, 3.63) is 66.3 Å². The number of carbonyl (C=O) groups excluding carboxylic acids is 8. The third kappa shape index (κ3) is 17.0. The van der Waals surface area contributed by atoms with Gasteiger partial charge in [0.15, 0.2) is 5.79 Å². The molecule has 1 aromatic carbocycles. The number of aliphatic hydroxyl groups is 1. The standard InChI is InChI=1S/C69H97N7O19/c1-36(2)58(75-55(79)12-8-7-9-26-76-56(80)21-22-57(76)81)66(83)74-48(11-10-25-71-67(70)84)65(82)73-41-15-13-40(14-16-41)35-87-68(85)72-34-43(78)31-53-59(86-6)47-30-42(77)29-45-18-20-50-60(90-45)64-63-62(92-50)61-54(93-63)33-69(94-61,95-64)24-23-46-28-38(4)49(88-46)19-17-44-27-37(3)39(5)51(89-44)32-52(47)91-53/h13-16,21-22,36-37,43-54,58-64,78H,4-5,7-12,17-20,23-35H2,1-3,6H3,(H,72,85)(H,73,82)(H,74,83)(H,75,79)(H3,70,71,84)/t37-,43+,44+,45-,46+,47+,48+,49+,50+,51-,52?,53-,54-,58+,59-,60+,61-,62?,63?,64+,69+/m1/s1. The first-order chi connectivity index (χ1) is 45.6. The predicted octanol–water partition coefficient (Wildman–Crippen LogP) is 4.90. The highest BCUT2D eigenvalue weighted by Gasteiger charge is 2.69. The summed E-state index contributed by atoms with van der Waals surface area (Å²) in [5.41, 5.74) is 8.23. The van der Waals surface area contributed by atoms with Crippen LogP contribution in [0.25, 0.3) is 0 Å². The van der Waals surface area contributed by atoms with Crippen LogP contribution in [0.2, 0.25) is 0 Å². The lowest BCUT2D eigenvalue weighted by Crippen LogP contribution is -2.61. The van der Waals surface area contributed by atoms with Crippen LogP contribution < -0.4 is 32.3 Å². The van der Waals surface area contributed by atoms with Crippen molar-refractivity contribution in [2.75, 3.05) is 32.1 Å². The fourth-order valence-corrected chi connectivity index (χ4v) is 15.8. The molecular formula is C69H97N7O19. The van der Waals surface area contributed by atoms with Gasteiger partial charge in [-0.15, -0.1) is 0 Å². The van der Waals surface area contributed by atoms with E-state index in [-0.39, 0.29) is 161 Å². The van der Waals surface area contributed by atoms with Gasteiger partial charge in [-0.25, -0.2) is 9.59 Å². The van der Waals surface area contributed by atoms with Gasteiger partial charge in [-0.2, -0.15) is 0 Å². The van der Waals surface area contributed by atoms with Gasteiger partial charge in [0.2, 0.25) is 17.7 Å². The average Bonchev–Trinajstić information content (AvgIpc) is 1.55. The number of urea groups is 1. The molecule has 8 amide bonds. The second kappa shape index (κ2) is 31.1. The van der Waals surface area contributed by atoms with Crippen LogP contribution in [0.15, 0.2) is 60.7 Å². The summed E-state index contributed by atoms with van der Waals surface area (Å²) in [4.78, 5) is 104. The number of hydrogen-bond donors (Lipinski definition) is 7. The first kappa shape index (κ1) is 70.1. The fourth-order valence-electron chi connectivity index (χ4n) is 15.8. The van der Waals surface area contributed by atoms with Crippen molar-refractivity contribution in [1.82, 2.24) is 26.2 Å². The van der Waals surface area contributed by atoms with Gasteiger partial charge in [-0.1, -0.05) is 52.5 Å². The second-order valence-corrected chi connectivity index (χ2v) is 28.1. The topological polar surface area (TPSA) is 339 Å². The molecule has 522 valence electrons. The van der Waals surface area contributed by atoms with Crippen molar-refractivity contribution < 1.29 is 90.8 Å². The maximum atomic E-state index is 14.5. The number of amides is 8. The molecule has 12 rings (SSSR count). The minimum absolute atomic E-state index is 0.00477. The first-order valence-electron chi connectivity index (χ1n) is 34.4. The molecule has 1 aromatic rings. The normalized spacial score (nSPS) is 35.1. The van der Waals surface area contributed by atoms with Gasteiger partial charge in [0, 0.05) is 95.4 Å². The number of ether oxygens (including phenoxy) is 10. The Balaban J connectivity index is 0.674. The van der Waals surface area contributed by atoms with Gasteiger partial charge in [-0.3, -0.25) is 33.7 Å². The molecule has 11 heterocycles. The molecule has 10 saturated heterocycles. The number of nitrogens with zero attached hydrogens (tertiary/aromatic N) is 1. The Morgan fingerprint density at radius 2 is 1.47 bits per heavy atom. The molecule has 0 saturated carbocycles. The minimum atomic E-state index is -1.10. The molecule has 26 nitrogen and oxygen atoms in total. The van der Waals surface area contributed by atoms with Crippen LogP contribution in [-0.2, 0) is 82.7 Å². The highest BCUT2D eigenvalue weighted by Crippen LogP contribution is 2.54. The highest BCUT2D eigenvalue weighted by atomic mass is 16.8. The van der Waals surface area contributed by atoms with Crippen molar-refractivity contribution >= 4 is 53.1 Å². The number of hydrogen-bond acceptors (Lipinski definition) is 19. The number of fused-ring (bicyclic) bond motifs is 6. The summed E-state index contributed by atoms with van der Waals surface area (Å²) in [6, 6.07) is 3.68. The number of Topliss-reactive ketones (excluding diaryl/α,β-unsaturated/α-hetero) is 1. The third-order valence-electron chi connectivity index (χ3n) is 20.8. The number of ketones is 1. The molecule has 11 aliphatic heterocycles. The summed E-state index contributed by atoms with van der Waals surface area (Å²) in [5, 5.41) is 25.0. The van der Waals surface area contributed by atoms with Gasteiger partial charge < -0.3 is 84.8 Å². The lowest BCUT2D eigenvalue weighted by Gasteiger charge is -2.47. The van der Waals surface area contributed by atoms with Gasteiger partial charge in [0.05, 0.1) is 67.1 Å². The zero-order valence-corrected chi connectivity index (χ0v) is 55.1.